The molecule has 1 heterocycles. The van der Waals surface area contributed by atoms with E-state index in [2.05, 4.69) is 0 Å². The Kier molecular flexibility index (Phi) is 5.09. The molecule has 1 N–H and O–H groups in total. The molecule has 1 saturated heterocycles. The molecule has 1 aliphatic rings. The van der Waals surface area contributed by atoms with Gasteiger partial charge in [0.1, 0.15) is 0 Å². The molecule has 0 saturated carbocycles. The number of phenols is 1. The Morgan fingerprint density at radius 1 is 1.16 bits per heavy atom. The molecule has 128 valence electrons. The molecule has 25 heavy (non-hydrogen) atoms. The van der Waals surface area contributed by atoms with E-state index in [1.54, 1.807) is 18.2 Å². The van der Waals surface area contributed by atoms with Crippen LogP contribution >= 0.6 is 11.8 Å². The maximum atomic E-state index is 12.5. The average Bonchev–Trinajstić information content (AvgIpc) is 2.89. The quantitative estimate of drug-likeness (QED) is 0.829. The standard InChI is InChI=1S/C19H17NO4S/c1-24-16-11-14(7-8-15(16)21)12-17-18(22)20(19(23)25-17)10-9-13-5-3-2-4-6-13/h2-8,11-12,21H,9-10H2,1H3/b17-12-. The lowest BCUT2D eigenvalue weighted by Gasteiger charge is -2.12. The van der Waals surface area contributed by atoms with Crippen LogP contribution in [-0.4, -0.2) is 34.8 Å². The number of nitrogens with zero attached hydrogens (tertiary/aromatic N) is 1. The number of thioether (sulfide) groups is 1. The summed E-state index contributed by atoms with van der Waals surface area (Å²) in [5, 5.41) is 9.36. The maximum absolute atomic E-state index is 12.5. The second-order valence-electron chi connectivity index (χ2n) is 5.50. The SMILES string of the molecule is COc1cc(/C=C2\SC(=O)N(CCc3ccccc3)C2=O)ccc1O. The highest BCUT2D eigenvalue weighted by Gasteiger charge is 2.34. The van der Waals surface area contributed by atoms with Gasteiger partial charge in [-0.25, -0.2) is 0 Å². The predicted molar refractivity (Wildman–Crippen MR) is 97.5 cm³/mol. The van der Waals surface area contributed by atoms with Gasteiger partial charge < -0.3 is 9.84 Å². The van der Waals surface area contributed by atoms with Crippen LogP contribution in [0.2, 0.25) is 0 Å². The summed E-state index contributed by atoms with van der Waals surface area (Å²) >= 11 is 0.925. The lowest BCUT2D eigenvalue weighted by atomic mass is 10.1. The van der Waals surface area contributed by atoms with Gasteiger partial charge in [-0.2, -0.15) is 0 Å². The normalized spacial score (nSPS) is 15.9. The smallest absolute Gasteiger partial charge is 0.293 e. The van der Waals surface area contributed by atoms with Crippen molar-refractivity contribution in [2.45, 2.75) is 6.42 Å². The van der Waals surface area contributed by atoms with Gasteiger partial charge >= 0.3 is 0 Å². The Morgan fingerprint density at radius 2 is 1.92 bits per heavy atom. The van der Waals surface area contributed by atoms with Gasteiger partial charge in [-0.1, -0.05) is 36.4 Å². The number of carbonyl (C=O) groups is 2. The minimum Gasteiger partial charge on any atom is -0.504 e. The minimum absolute atomic E-state index is 0.0237. The Bertz CT molecular complexity index is 833. The lowest BCUT2D eigenvalue weighted by molar-refractivity contribution is -0.122. The highest BCUT2D eigenvalue weighted by Crippen LogP contribution is 2.34. The fourth-order valence-electron chi connectivity index (χ4n) is 2.51. The van der Waals surface area contributed by atoms with Crippen molar-refractivity contribution in [1.29, 1.82) is 0 Å². The number of ether oxygens (including phenoxy) is 1. The van der Waals surface area contributed by atoms with E-state index in [0.29, 0.717) is 29.2 Å². The number of benzene rings is 2. The van der Waals surface area contributed by atoms with Gasteiger partial charge in [0.15, 0.2) is 11.5 Å². The van der Waals surface area contributed by atoms with E-state index in [4.69, 9.17) is 4.74 Å². The Balaban J connectivity index is 1.74. The largest absolute Gasteiger partial charge is 0.504 e. The molecular formula is C19H17NO4S. The summed E-state index contributed by atoms with van der Waals surface area (Å²) < 4.78 is 5.06. The van der Waals surface area contributed by atoms with Crippen molar-refractivity contribution in [3.05, 3.63) is 64.6 Å². The highest BCUT2D eigenvalue weighted by atomic mass is 32.2. The lowest BCUT2D eigenvalue weighted by Crippen LogP contribution is -2.30. The van der Waals surface area contributed by atoms with Crippen molar-refractivity contribution in [2.75, 3.05) is 13.7 Å². The molecule has 2 aromatic rings. The second kappa shape index (κ2) is 7.44. The van der Waals surface area contributed by atoms with E-state index in [9.17, 15) is 14.7 Å². The minimum atomic E-state index is -0.294. The second-order valence-corrected chi connectivity index (χ2v) is 6.49. The van der Waals surface area contributed by atoms with Crippen molar-refractivity contribution >= 4 is 29.0 Å². The first-order valence-corrected chi connectivity index (χ1v) is 8.56. The summed E-state index contributed by atoms with van der Waals surface area (Å²) in [6.45, 7) is 0.352. The molecule has 0 aliphatic carbocycles. The Labute approximate surface area is 149 Å². The third kappa shape index (κ3) is 3.85. The number of hydrogen-bond donors (Lipinski definition) is 1. The van der Waals surface area contributed by atoms with Crippen molar-refractivity contribution in [1.82, 2.24) is 4.90 Å². The fraction of sp³-hybridized carbons (Fsp3) is 0.158. The molecule has 0 spiro atoms. The molecule has 2 aromatic carbocycles. The van der Waals surface area contributed by atoms with Gasteiger partial charge in [0, 0.05) is 6.54 Å². The predicted octanol–water partition coefficient (Wildman–Crippen LogP) is 3.68. The zero-order chi connectivity index (χ0) is 17.8. The van der Waals surface area contributed by atoms with Gasteiger partial charge in [-0.15, -0.1) is 0 Å². The van der Waals surface area contributed by atoms with Gasteiger partial charge in [0.05, 0.1) is 12.0 Å². The summed E-state index contributed by atoms with van der Waals surface area (Å²) in [6.07, 6.45) is 2.26. The van der Waals surface area contributed by atoms with Gasteiger partial charge in [0.25, 0.3) is 11.1 Å². The third-order valence-corrected chi connectivity index (χ3v) is 4.75. The molecular weight excluding hydrogens is 338 g/mol. The topological polar surface area (TPSA) is 66.8 Å². The van der Waals surface area contributed by atoms with E-state index >= 15 is 0 Å². The van der Waals surface area contributed by atoms with Gasteiger partial charge in [-0.05, 0) is 47.5 Å². The van der Waals surface area contributed by atoms with E-state index in [-0.39, 0.29) is 16.9 Å². The summed E-state index contributed by atoms with van der Waals surface area (Å²) in [5.41, 5.74) is 1.76. The van der Waals surface area contributed by atoms with Crippen LogP contribution in [0.25, 0.3) is 6.08 Å². The zero-order valence-electron chi connectivity index (χ0n) is 13.6. The molecule has 0 aromatic heterocycles. The highest BCUT2D eigenvalue weighted by molar-refractivity contribution is 8.18. The van der Waals surface area contributed by atoms with Crippen LogP contribution in [0.15, 0.2) is 53.4 Å². The van der Waals surface area contributed by atoms with E-state index < -0.39 is 0 Å². The first-order chi connectivity index (χ1) is 12.1. The van der Waals surface area contributed by atoms with Crippen molar-refractivity contribution < 1.29 is 19.4 Å². The van der Waals surface area contributed by atoms with E-state index in [1.807, 2.05) is 30.3 Å². The van der Waals surface area contributed by atoms with Crippen LogP contribution in [0.5, 0.6) is 11.5 Å². The maximum Gasteiger partial charge on any atom is 0.293 e. The molecule has 2 amide bonds. The molecule has 5 nitrogen and oxygen atoms in total. The zero-order valence-corrected chi connectivity index (χ0v) is 14.5. The van der Waals surface area contributed by atoms with Crippen LogP contribution in [-0.2, 0) is 11.2 Å². The Hall–Kier alpha value is -2.73. The Morgan fingerprint density at radius 3 is 2.64 bits per heavy atom. The molecule has 1 aliphatic heterocycles. The first kappa shape index (κ1) is 17.1. The molecule has 0 unspecified atom stereocenters. The number of carbonyl (C=O) groups excluding carboxylic acids is 2. The number of aromatic hydroxyl groups is 1. The van der Waals surface area contributed by atoms with Crippen LogP contribution in [0, 0.1) is 0 Å². The van der Waals surface area contributed by atoms with E-state index in [0.717, 1.165) is 17.3 Å². The summed E-state index contributed by atoms with van der Waals surface area (Å²) in [7, 11) is 1.45. The van der Waals surface area contributed by atoms with Gasteiger partial charge in [0.2, 0.25) is 0 Å². The first-order valence-electron chi connectivity index (χ1n) is 7.75. The monoisotopic (exact) mass is 355 g/mol. The van der Waals surface area contributed by atoms with E-state index in [1.165, 1.54) is 18.1 Å². The molecule has 6 heteroatoms. The van der Waals surface area contributed by atoms with Crippen LogP contribution in [0.4, 0.5) is 4.79 Å². The number of hydrogen-bond acceptors (Lipinski definition) is 5. The van der Waals surface area contributed by atoms with Crippen molar-refractivity contribution in [2.24, 2.45) is 0 Å². The molecule has 3 rings (SSSR count). The number of rotatable bonds is 5. The fourth-order valence-corrected chi connectivity index (χ4v) is 3.38. The summed E-state index contributed by atoms with van der Waals surface area (Å²) in [4.78, 5) is 26.3. The summed E-state index contributed by atoms with van der Waals surface area (Å²) in [5.74, 6) is 0.0469. The molecule has 1 fully saturated rings. The molecule has 0 radical (unpaired) electrons. The average molecular weight is 355 g/mol. The van der Waals surface area contributed by atoms with Crippen LogP contribution in [0.3, 0.4) is 0 Å². The van der Waals surface area contributed by atoms with Crippen LogP contribution < -0.4 is 4.74 Å². The third-order valence-electron chi connectivity index (χ3n) is 3.84. The molecule has 0 bridgehead atoms. The van der Waals surface area contributed by atoms with Crippen molar-refractivity contribution in [3.8, 4) is 11.5 Å². The van der Waals surface area contributed by atoms with Crippen molar-refractivity contribution in [3.63, 3.8) is 0 Å². The van der Waals surface area contributed by atoms with Crippen LogP contribution in [0.1, 0.15) is 11.1 Å². The number of imide groups is 1. The summed E-state index contributed by atoms with van der Waals surface area (Å²) in [6, 6.07) is 14.5. The van der Waals surface area contributed by atoms with Gasteiger partial charge in [-0.3, -0.25) is 14.5 Å². The number of phenolic OH excluding ortho intramolecular Hbond substituents is 1. The molecule has 0 atom stereocenters. The number of amides is 2. The number of methoxy groups -OCH3 is 1.